The maximum atomic E-state index is 12.7. The zero-order valence-corrected chi connectivity index (χ0v) is 20.6. The highest BCUT2D eigenvalue weighted by Crippen LogP contribution is 2.32. The highest BCUT2D eigenvalue weighted by Gasteiger charge is 2.34. The molecule has 0 bridgehead atoms. The minimum Gasteiger partial charge on any atom is -0.353 e. The molecule has 1 aromatic carbocycles. The zero-order valence-electron chi connectivity index (χ0n) is 19.8. The first-order valence-corrected chi connectivity index (χ1v) is 12.2. The number of nitrogens with zero attached hydrogens (tertiary/aromatic N) is 2. The Hall–Kier alpha value is -2.12. The van der Waals surface area contributed by atoms with Gasteiger partial charge in [-0.3, -0.25) is 24.2 Å². The number of imide groups is 1. The molecule has 6 nitrogen and oxygen atoms in total. The average molecular weight is 458 g/mol. The van der Waals surface area contributed by atoms with E-state index in [2.05, 4.69) is 57.0 Å². The quantitative estimate of drug-likeness (QED) is 0.651. The predicted octanol–water partition coefficient (Wildman–Crippen LogP) is 4.11. The van der Waals surface area contributed by atoms with Gasteiger partial charge >= 0.3 is 0 Å². The fourth-order valence-corrected chi connectivity index (χ4v) is 5.28. The maximum absolute atomic E-state index is 12.7. The molecule has 0 saturated carbocycles. The Morgan fingerprint density at radius 2 is 1.75 bits per heavy atom. The molecule has 1 N–H and O–H groups in total. The topological polar surface area (TPSA) is 69.7 Å². The summed E-state index contributed by atoms with van der Waals surface area (Å²) >= 11 is 0.952. The van der Waals surface area contributed by atoms with Gasteiger partial charge in [-0.25, -0.2) is 0 Å². The smallest absolute Gasteiger partial charge is 0.293 e. The molecule has 2 saturated heterocycles. The zero-order chi connectivity index (χ0) is 23.5. The Balaban J connectivity index is 1.50. The van der Waals surface area contributed by atoms with Crippen LogP contribution in [0.25, 0.3) is 6.08 Å². The summed E-state index contributed by atoms with van der Waals surface area (Å²) in [7, 11) is 0. The number of nitrogens with one attached hydrogen (secondary N) is 1. The molecule has 2 aliphatic rings. The van der Waals surface area contributed by atoms with Gasteiger partial charge in [0, 0.05) is 26.2 Å². The fourth-order valence-electron chi connectivity index (χ4n) is 4.41. The minimum atomic E-state index is -0.298. The summed E-state index contributed by atoms with van der Waals surface area (Å²) in [5, 5.41) is 2.57. The summed E-state index contributed by atoms with van der Waals surface area (Å²) < 4.78 is 0. The van der Waals surface area contributed by atoms with Crippen LogP contribution in [0.2, 0.25) is 0 Å². The molecule has 7 heteroatoms. The number of rotatable bonds is 6. The average Bonchev–Trinajstić information content (AvgIpc) is 2.94. The Morgan fingerprint density at radius 1 is 1.12 bits per heavy atom. The number of amides is 3. The molecule has 2 aliphatic heterocycles. The number of piperidine rings is 1. The second kappa shape index (κ2) is 10.2. The van der Waals surface area contributed by atoms with Crippen molar-refractivity contribution in [3.63, 3.8) is 0 Å². The van der Waals surface area contributed by atoms with E-state index in [0.717, 1.165) is 30.4 Å². The van der Waals surface area contributed by atoms with Crippen molar-refractivity contribution in [2.45, 2.75) is 46.5 Å². The molecule has 3 rings (SSSR count). The van der Waals surface area contributed by atoms with Gasteiger partial charge in [0.05, 0.1) is 11.4 Å². The molecule has 32 heavy (non-hydrogen) atoms. The monoisotopic (exact) mass is 457 g/mol. The lowest BCUT2D eigenvalue weighted by atomic mass is 9.87. The van der Waals surface area contributed by atoms with Crippen LogP contribution >= 0.6 is 11.8 Å². The maximum Gasteiger partial charge on any atom is 0.293 e. The van der Waals surface area contributed by atoms with Crippen molar-refractivity contribution >= 4 is 34.9 Å². The van der Waals surface area contributed by atoms with Crippen molar-refractivity contribution in [3.8, 4) is 0 Å². The van der Waals surface area contributed by atoms with Crippen molar-refractivity contribution in [3.05, 3.63) is 40.3 Å². The second-order valence-electron chi connectivity index (χ2n) is 10.2. The van der Waals surface area contributed by atoms with Crippen LogP contribution in [-0.4, -0.2) is 59.6 Å². The van der Waals surface area contributed by atoms with Gasteiger partial charge in [0.25, 0.3) is 11.1 Å². The van der Waals surface area contributed by atoms with E-state index in [9.17, 15) is 14.4 Å². The predicted molar refractivity (Wildman–Crippen MR) is 130 cm³/mol. The Kier molecular flexibility index (Phi) is 7.83. The van der Waals surface area contributed by atoms with E-state index in [0.29, 0.717) is 23.3 Å². The van der Waals surface area contributed by atoms with Crippen LogP contribution in [0.1, 0.15) is 52.2 Å². The molecule has 2 atom stereocenters. The highest BCUT2D eigenvalue weighted by atomic mass is 32.2. The molecular formula is C25H35N3O3S. The SMILES string of the molecule is CC1CC(C)CN(CC(=O)NCCN2C(=O)SC(=Cc3ccc(C(C)(C)C)cc3)C2=O)C1. The van der Waals surface area contributed by atoms with Gasteiger partial charge in [0.2, 0.25) is 5.91 Å². The molecule has 0 aromatic heterocycles. The second-order valence-corrected chi connectivity index (χ2v) is 11.2. The van der Waals surface area contributed by atoms with Crippen molar-refractivity contribution in [1.82, 2.24) is 15.1 Å². The first-order valence-electron chi connectivity index (χ1n) is 11.4. The minimum absolute atomic E-state index is 0.0608. The molecule has 0 radical (unpaired) electrons. The molecule has 2 fully saturated rings. The standard InChI is InChI=1S/C25H35N3O3S/c1-17-12-18(2)15-27(14-17)16-22(29)26-10-11-28-23(30)21(32-24(28)31)13-19-6-8-20(9-7-19)25(3,4)5/h6-9,13,17-18H,10-12,14-16H2,1-5H3,(H,26,29). The van der Waals surface area contributed by atoms with E-state index in [1.165, 1.54) is 16.9 Å². The molecule has 2 unspecified atom stereocenters. The third-order valence-electron chi connectivity index (χ3n) is 5.92. The van der Waals surface area contributed by atoms with Crippen LogP contribution in [0.4, 0.5) is 4.79 Å². The number of hydrogen-bond donors (Lipinski definition) is 1. The van der Waals surface area contributed by atoms with Crippen molar-refractivity contribution in [1.29, 1.82) is 0 Å². The van der Waals surface area contributed by atoms with Gasteiger partial charge in [-0.2, -0.15) is 0 Å². The number of carbonyl (C=O) groups is 3. The summed E-state index contributed by atoms with van der Waals surface area (Å²) in [4.78, 5) is 41.2. The first-order chi connectivity index (χ1) is 15.0. The summed E-state index contributed by atoms with van der Waals surface area (Å²) in [6.45, 7) is 13.6. The number of benzene rings is 1. The van der Waals surface area contributed by atoms with Crippen LogP contribution in [0.15, 0.2) is 29.2 Å². The molecule has 1 aromatic rings. The molecule has 3 amide bonds. The van der Waals surface area contributed by atoms with E-state index >= 15 is 0 Å². The molecule has 0 spiro atoms. The number of likely N-dealkylation sites (tertiary alicyclic amines) is 1. The number of thioether (sulfide) groups is 1. The van der Waals surface area contributed by atoms with Gasteiger partial charge in [-0.15, -0.1) is 0 Å². The van der Waals surface area contributed by atoms with Gasteiger partial charge in [-0.1, -0.05) is 58.9 Å². The van der Waals surface area contributed by atoms with Gasteiger partial charge < -0.3 is 5.32 Å². The lowest BCUT2D eigenvalue weighted by Gasteiger charge is -2.34. The van der Waals surface area contributed by atoms with E-state index in [1.54, 1.807) is 6.08 Å². The van der Waals surface area contributed by atoms with Crippen molar-refractivity contribution < 1.29 is 14.4 Å². The summed E-state index contributed by atoms with van der Waals surface area (Å²) in [5.74, 6) is 0.831. The normalized spacial score (nSPS) is 23.8. The van der Waals surface area contributed by atoms with Crippen LogP contribution in [0, 0.1) is 11.8 Å². The summed E-state index contributed by atoms with van der Waals surface area (Å²) in [5.41, 5.74) is 2.17. The van der Waals surface area contributed by atoms with Crippen molar-refractivity contribution in [2.75, 3.05) is 32.7 Å². The number of hydrogen-bond acceptors (Lipinski definition) is 5. The molecule has 2 heterocycles. The molecule has 174 valence electrons. The lowest BCUT2D eigenvalue weighted by molar-refractivity contribution is -0.125. The lowest BCUT2D eigenvalue weighted by Crippen LogP contribution is -2.46. The van der Waals surface area contributed by atoms with E-state index in [-0.39, 0.29) is 35.6 Å². The van der Waals surface area contributed by atoms with Gasteiger partial charge in [0.15, 0.2) is 0 Å². The fraction of sp³-hybridized carbons (Fsp3) is 0.560. The van der Waals surface area contributed by atoms with E-state index < -0.39 is 0 Å². The first kappa shape index (κ1) is 24.5. The van der Waals surface area contributed by atoms with Gasteiger partial charge in [0.1, 0.15) is 0 Å². The third kappa shape index (κ3) is 6.45. The van der Waals surface area contributed by atoms with Crippen LogP contribution in [-0.2, 0) is 15.0 Å². The summed E-state index contributed by atoms with van der Waals surface area (Å²) in [6, 6.07) is 8.04. The van der Waals surface area contributed by atoms with Crippen molar-refractivity contribution in [2.24, 2.45) is 11.8 Å². The molecular weight excluding hydrogens is 422 g/mol. The number of carbonyl (C=O) groups excluding carboxylic acids is 3. The summed E-state index contributed by atoms with van der Waals surface area (Å²) in [6.07, 6.45) is 2.96. The third-order valence-corrected chi connectivity index (χ3v) is 6.82. The van der Waals surface area contributed by atoms with Crippen LogP contribution in [0.5, 0.6) is 0 Å². The molecule has 0 aliphatic carbocycles. The van der Waals surface area contributed by atoms with Gasteiger partial charge in [-0.05, 0) is 52.6 Å². The highest BCUT2D eigenvalue weighted by molar-refractivity contribution is 8.18. The Bertz CT molecular complexity index is 879. The Morgan fingerprint density at radius 3 is 2.34 bits per heavy atom. The largest absolute Gasteiger partial charge is 0.353 e. The van der Waals surface area contributed by atoms with Crippen LogP contribution < -0.4 is 5.32 Å². The Labute approximate surface area is 195 Å². The van der Waals surface area contributed by atoms with Crippen LogP contribution in [0.3, 0.4) is 0 Å². The van der Waals surface area contributed by atoms with E-state index in [4.69, 9.17) is 0 Å². The van der Waals surface area contributed by atoms with E-state index in [1.807, 2.05) is 12.1 Å².